The van der Waals surface area contributed by atoms with Crippen molar-refractivity contribution in [3.63, 3.8) is 0 Å². The summed E-state index contributed by atoms with van der Waals surface area (Å²) in [7, 11) is 1.27. The smallest absolute Gasteiger partial charge is 0.341 e. The van der Waals surface area contributed by atoms with E-state index in [2.05, 4.69) is 25.8 Å². The number of anilines is 2. The minimum Gasteiger partial charge on any atom is -0.465 e. The Balaban J connectivity index is 1.18. The Morgan fingerprint density at radius 2 is 1.74 bits per heavy atom. The van der Waals surface area contributed by atoms with Crippen LogP contribution in [0.2, 0.25) is 0 Å². The first kappa shape index (κ1) is 33.2. The molecule has 5 rings (SSSR count). The Kier molecular flexibility index (Phi) is 10.9. The monoisotopic (exact) mass is 640 g/mol. The van der Waals surface area contributed by atoms with E-state index < -0.39 is 12.0 Å². The van der Waals surface area contributed by atoms with E-state index >= 15 is 0 Å². The predicted octanol–water partition coefficient (Wildman–Crippen LogP) is 5.44. The van der Waals surface area contributed by atoms with Gasteiger partial charge in [-0.3, -0.25) is 9.69 Å². The van der Waals surface area contributed by atoms with E-state index in [1.807, 2.05) is 36.7 Å². The summed E-state index contributed by atoms with van der Waals surface area (Å²) >= 11 is 0. The molecule has 0 radical (unpaired) electrons. The van der Waals surface area contributed by atoms with Gasteiger partial charge in [-0.15, -0.1) is 0 Å². The van der Waals surface area contributed by atoms with E-state index in [9.17, 15) is 19.5 Å². The summed E-state index contributed by atoms with van der Waals surface area (Å²) in [6, 6.07) is 18.2. The van der Waals surface area contributed by atoms with Crippen LogP contribution in [0, 0.1) is 5.92 Å². The van der Waals surface area contributed by atoms with Crippen molar-refractivity contribution in [1.29, 1.82) is 0 Å². The van der Waals surface area contributed by atoms with Crippen molar-refractivity contribution in [2.75, 3.05) is 37.4 Å². The molecule has 3 aromatic carbocycles. The van der Waals surface area contributed by atoms with Crippen molar-refractivity contribution < 1.29 is 29.0 Å². The molecule has 246 valence electrons. The highest BCUT2D eigenvalue weighted by molar-refractivity contribution is 6.04. The van der Waals surface area contributed by atoms with Crippen LogP contribution in [0.5, 0.6) is 11.5 Å². The maximum Gasteiger partial charge on any atom is 0.341 e. The zero-order valence-electron chi connectivity index (χ0n) is 26.7. The standard InChI is InChI=1S/C35H40N6O6/c1-23(2)37-35(45)39-27-10-15-32(31(17-27)34(44)46-3)47-30-13-8-26(9-14-30)38-33(43)25-6-11-29(12-7-25)41-20-28(36-22-41)19-40-16-4-5-24(18-40)21-42/h6-15,17,20,22-24,42H,4-5,16,18-19,21H2,1-3H3,(H,38,43)(H2,37,39,45). The molecule has 4 N–H and O–H groups in total. The summed E-state index contributed by atoms with van der Waals surface area (Å²) in [5, 5.41) is 17.8. The van der Waals surface area contributed by atoms with Gasteiger partial charge in [0.15, 0.2) is 0 Å². The predicted molar refractivity (Wildman–Crippen MR) is 178 cm³/mol. The highest BCUT2D eigenvalue weighted by Gasteiger charge is 2.20. The average molecular weight is 641 g/mol. The van der Waals surface area contributed by atoms with Gasteiger partial charge in [0.1, 0.15) is 17.1 Å². The quantitative estimate of drug-likeness (QED) is 0.159. The number of ether oxygens (including phenoxy) is 2. The van der Waals surface area contributed by atoms with Crippen molar-refractivity contribution >= 4 is 29.3 Å². The molecule has 0 spiro atoms. The normalized spacial score (nSPS) is 14.8. The summed E-state index contributed by atoms with van der Waals surface area (Å²) in [5.74, 6) is 0.123. The molecule has 1 aromatic heterocycles. The molecule has 1 aliphatic rings. The van der Waals surface area contributed by atoms with Gasteiger partial charge in [-0.2, -0.15) is 0 Å². The highest BCUT2D eigenvalue weighted by Crippen LogP contribution is 2.30. The number of piperidine rings is 1. The number of methoxy groups -OCH3 is 1. The molecule has 1 saturated heterocycles. The number of amides is 3. The minimum atomic E-state index is -0.620. The number of nitrogens with zero attached hydrogens (tertiary/aromatic N) is 3. The fourth-order valence-corrected chi connectivity index (χ4v) is 5.38. The fraction of sp³-hybridized carbons (Fsp3) is 0.314. The Hall–Kier alpha value is -5.20. The van der Waals surface area contributed by atoms with Crippen molar-refractivity contribution in [2.45, 2.75) is 39.3 Å². The molecule has 12 heteroatoms. The van der Waals surface area contributed by atoms with Crippen LogP contribution >= 0.6 is 0 Å². The average Bonchev–Trinajstić information content (AvgIpc) is 3.54. The number of urea groups is 1. The van der Waals surface area contributed by atoms with Crippen LogP contribution in [-0.4, -0.2) is 70.3 Å². The number of benzene rings is 3. The lowest BCUT2D eigenvalue weighted by atomic mass is 9.99. The van der Waals surface area contributed by atoms with Crippen molar-refractivity contribution in [1.82, 2.24) is 19.8 Å². The summed E-state index contributed by atoms with van der Waals surface area (Å²) in [6.07, 6.45) is 5.91. The second-order valence-corrected chi connectivity index (χ2v) is 11.8. The number of imidazole rings is 1. The molecule has 0 aliphatic carbocycles. The number of carbonyl (C=O) groups is 3. The van der Waals surface area contributed by atoms with Crippen LogP contribution in [0.1, 0.15) is 53.1 Å². The summed E-state index contributed by atoms with van der Waals surface area (Å²) in [4.78, 5) is 44.4. The number of nitrogens with one attached hydrogen (secondary N) is 3. The minimum absolute atomic E-state index is 0.0507. The van der Waals surface area contributed by atoms with Crippen molar-refractivity contribution in [3.8, 4) is 17.2 Å². The molecule has 2 heterocycles. The zero-order valence-corrected chi connectivity index (χ0v) is 26.7. The maximum atomic E-state index is 13.0. The Labute approximate surface area is 273 Å². The van der Waals surface area contributed by atoms with Gasteiger partial charge in [0.25, 0.3) is 5.91 Å². The van der Waals surface area contributed by atoms with Gasteiger partial charge in [-0.25, -0.2) is 14.6 Å². The number of hydrogen-bond donors (Lipinski definition) is 4. The van der Waals surface area contributed by atoms with Gasteiger partial charge in [0.05, 0.1) is 19.1 Å². The number of aliphatic hydroxyl groups is 1. The molecule has 12 nitrogen and oxygen atoms in total. The molecule has 4 aromatic rings. The molecule has 1 atom stereocenters. The Morgan fingerprint density at radius 1 is 1.00 bits per heavy atom. The number of aromatic nitrogens is 2. The van der Waals surface area contributed by atoms with Gasteiger partial charge in [0, 0.05) is 54.6 Å². The SMILES string of the molecule is COC(=O)c1cc(NC(=O)NC(C)C)ccc1Oc1ccc(NC(=O)c2ccc(-n3cnc(CN4CCCC(CO)C4)c3)cc2)cc1. The lowest BCUT2D eigenvalue weighted by Gasteiger charge is -2.31. The number of carbonyl (C=O) groups excluding carboxylic acids is 3. The molecule has 3 amide bonds. The summed E-state index contributed by atoms with van der Waals surface area (Å²) in [6.45, 7) is 6.53. The van der Waals surface area contributed by atoms with E-state index in [0.717, 1.165) is 43.9 Å². The summed E-state index contributed by atoms with van der Waals surface area (Å²) < 4.78 is 12.8. The van der Waals surface area contributed by atoms with Gasteiger partial charge in [-0.1, -0.05) is 0 Å². The second-order valence-electron chi connectivity index (χ2n) is 11.8. The topological polar surface area (TPSA) is 147 Å². The molecular formula is C35H40N6O6. The maximum absolute atomic E-state index is 13.0. The van der Waals surface area contributed by atoms with E-state index in [0.29, 0.717) is 28.6 Å². The van der Waals surface area contributed by atoms with Crippen LogP contribution in [-0.2, 0) is 11.3 Å². The van der Waals surface area contributed by atoms with Gasteiger partial charge in [0.2, 0.25) is 0 Å². The first-order valence-corrected chi connectivity index (χ1v) is 15.6. The zero-order chi connectivity index (χ0) is 33.3. The molecule has 1 fully saturated rings. The van der Waals surface area contributed by atoms with Crippen LogP contribution < -0.4 is 20.7 Å². The molecule has 1 aliphatic heterocycles. The third-order valence-electron chi connectivity index (χ3n) is 7.71. The van der Waals surface area contributed by atoms with E-state index in [-0.39, 0.29) is 29.9 Å². The number of rotatable bonds is 11. The molecular weight excluding hydrogens is 600 g/mol. The highest BCUT2D eigenvalue weighted by atomic mass is 16.5. The van der Waals surface area contributed by atoms with Crippen molar-refractivity contribution in [3.05, 3.63) is 96.1 Å². The number of hydrogen-bond acceptors (Lipinski definition) is 8. The third-order valence-corrected chi connectivity index (χ3v) is 7.71. The molecule has 0 bridgehead atoms. The van der Waals surface area contributed by atoms with Gasteiger partial charge >= 0.3 is 12.0 Å². The van der Waals surface area contributed by atoms with Crippen LogP contribution in [0.4, 0.5) is 16.2 Å². The number of likely N-dealkylation sites (tertiary alicyclic amines) is 1. The van der Waals surface area contributed by atoms with E-state index in [4.69, 9.17) is 9.47 Å². The van der Waals surface area contributed by atoms with Crippen LogP contribution in [0.3, 0.4) is 0 Å². The Morgan fingerprint density at radius 3 is 2.45 bits per heavy atom. The first-order chi connectivity index (χ1) is 22.7. The summed E-state index contributed by atoms with van der Waals surface area (Å²) in [5.41, 5.74) is 3.46. The first-order valence-electron chi connectivity index (χ1n) is 15.6. The Bertz CT molecular complexity index is 1690. The van der Waals surface area contributed by atoms with Crippen molar-refractivity contribution in [2.24, 2.45) is 5.92 Å². The molecule has 0 saturated carbocycles. The second kappa shape index (κ2) is 15.4. The molecule has 1 unspecified atom stereocenters. The number of aliphatic hydroxyl groups excluding tert-OH is 1. The van der Waals surface area contributed by atoms with E-state index in [1.54, 1.807) is 54.9 Å². The lowest BCUT2D eigenvalue weighted by Crippen LogP contribution is -2.36. The van der Waals surface area contributed by atoms with Gasteiger partial charge < -0.3 is 35.1 Å². The fourth-order valence-electron chi connectivity index (χ4n) is 5.38. The third kappa shape index (κ3) is 8.96. The lowest BCUT2D eigenvalue weighted by molar-refractivity contribution is 0.0597. The van der Waals surface area contributed by atoms with Crippen LogP contribution in [0.25, 0.3) is 5.69 Å². The number of esters is 1. The van der Waals surface area contributed by atoms with Crippen LogP contribution in [0.15, 0.2) is 79.3 Å². The largest absolute Gasteiger partial charge is 0.465 e. The molecule has 47 heavy (non-hydrogen) atoms. The van der Waals surface area contributed by atoms with E-state index in [1.165, 1.54) is 13.2 Å². The van der Waals surface area contributed by atoms with Gasteiger partial charge in [-0.05, 0) is 106 Å².